The molecular formula is C19H18N2O4. The van der Waals surface area contributed by atoms with E-state index in [0.29, 0.717) is 17.1 Å². The number of hydrogen-bond acceptors (Lipinski definition) is 4. The Balaban J connectivity index is 1.65. The lowest BCUT2D eigenvalue weighted by Gasteiger charge is -2.23. The second kappa shape index (κ2) is 7.09. The molecular weight excluding hydrogens is 320 g/mol. The molecule has 2 N–H and O–H groups in total. The maximum absolute atomic E-state index is 12.1. The van der Waals surface area contributed by atoms with E-state index < -0.39 is 6.10 Å². The van der Waals surface area contributed by atoms with Crippen molar-refractivity contribution in [3.63, 3.8) is 0 Å². The van der Waals surface area contributed by atoms with Crippen molar-refractivity contribution in [3.05, 3.63) is 54.1 Å². The molecule has 0 saturated heterocycles. The van der Waals surface area contributed by atoms with Crippen molar-refractivity contribution in [1.82, 2.24) is 0 Å². The Hall–Kier alpha value is -3.28. The molecule has 128 valence electrons. The van der Waals surface area contributed by atoms with E-state index in [-0.39, 0.29) is 11.8 Å². The lowest BCUT2D eigenvalue weighted by Crippen LogP contribution is -2.34. The molecule has 1 heterocycles. The molecule has 6 heteroatoms. The summed E-state index contributed by atoms with van der Waals surface area (Å²) in [6.45, 7) is 1.68. The third-order valence-electron chi connectivity index (χ3n) is 3.72. The number of benzene rings is 2. The summed E-state index contributed by atoms with van der Waals surface area (Å²) >= 11 is 0. The molecule has 0 aliphatic carbocycles. The monoisotopic (exact) mass is 338 g/mol. The lowest BCUT2D eigenvalue weighted by atomic mass is 10.2. The van der Waals surface area contributed by atoms with Gasteiger partial charge in [0.25, 0.3) is 5.91 Å². The third-order valence-corrected chi connectivity index (χ3v) is 3.72. The number of carbonyl (C=O) groups is 2. The maximum atomic E-state index is 12.1. The van der Waals surface area contributed by atoms with Gasteiger partial charge in [-0.05, 0) is 48.9 Å². The Labute approximate surface area is 145 Å². The van der Waals surface area contributed by atoms with Crippen LogP contribution in [0.3, 0.4) is 0 Å². The summed E-state index contributed by atoms with van der Waals surface area (Å²) in [6, 6.07) is 12.5. The van der Waals surface area contributed by atoms with Crippen molar-refractivity contribution in [2.45, 2.75) is 13.0 Å². The van der Waals surface area contributed by atoms with E-state index in [9.17, 15) is 9.59 Å². The van der Waals surface area contributed by atoms with Gasteiger partial charge >= 0.3 is 0 Å². The fraction of sp³-hybridized carbons (Fsp3) is 0.158. The van der Waals surface area contributed by atoms with Crippen LogP contribution in [0.4, 0.5) is 11.4 Å². The number of ether oxygens (including phenoxy) is 2. The van der Waals surface area contributed by atoms with E-state index in [1.807, 2.05) is 24.3 Å². The molecule has 3 rings (SSSR count). The smallest absolute Gasteiger partial charge is 0.265 e. The number of fused-ring (bicyclic) bond motifs is 1. The zero-order valence-electron chi connectivity index (χ0n) is 13.9. The number of rotatable bonds is 4. The largest absolute Gasteiger partial charge is 0.497 e. The molecule has 0 spiro atoms. The van der Waals surface area contributed by atoms with Crippen molar-refractivity contribution in [3.8, 4) is 11.5 Å². The van der Waals surface area contributed by atoms with Gasteiger partial charge in [-0.25, -0.2) is 0 Å². The van der Waals surface area contributed by atoms with Crippen LogP contribution < -0.4 is 20.1 Å². The quantitative estimate of drug-likeness (QED) is 0.840. The van der Waals surface area contributed by atoms with E-state index in [2.05, 4.69) is 10.6 Å². The van der Waals surface area contributed by atoms with Crippen LogP contribution in [0, 0.1) is 0 Å². The predicted molar refractivity (Wildman–Crippen MR) is 95.8 cm³/mol. The highest BCUT2D eigenvalue weighted by Crippen LogP contribution is 2.32. The molecule has 2 aromatic carbocycles. The molecule has 25 heavy (non-hydrogen) atoms. The van der Waals surface area contributed by atoms with Gasteiger partial charge < -0.3 is 20.1 Å². The number of anilines is 2. The van der Waals surface area contributed by atoms with Gasteiger partial charge in [0, 0.05) is 11.8 Å². The summed E-state index contributed by atoms with van der Waals surface area (Å²) in [6.07, 6.45) is 2.62. The molecule has 0 fully saturated rings. The van der Waals surface area contributed by atoms with Gasteiger partial charge in [0.15, 0.2) is 6.10 Å². The van der Waals surface area contributed by atoms with Crippen LogP contribution in [0.5, 0.6) is 11.5 Å². The van der Waals surface area contributed by atoms with Crippen molar-refractivity contribution < 1.29 is 19.1 Å². The first kappa shape index (κ1) is 16.6. The van der Waals surface area contributed by atoms with Gasteiger partial charge in [-0.1, -0.05) is 12.1 Å². The first-order valence-corrected chi connectivity index (χ1v) is 7.80. The number of nitrogens with one attached hydrogen (secondary N) is 2. The van der Waals surface area contributed by atoms with E-state index in [0.717, 1.165) is 11.3 Å². The third kappa shape index (κ3) is 3.98. The van der Waals surface area contributed by atoms with Crippen molar-refractivity contribution in [2.75, 3.05) is 17.7 Å². The van der Waals surface area contributed by atoms with Gasteiger partial charge in [-0.2, -0.15) is 0 Å². The Morgan fingerprint density at radius 3 is 2.72 bits per heavy atom. The second-order valence-electron chi connectivity index (χ2n) is 5.56. The molecule has 0 aromatic heterocycles. The summed E-state index contributed by atoms with van der Waals surface area (Å²) in [4.78, 5) is 23.7. The summed E-state index contributed by atoms with van der Waals surface area (Å²) in [5.74, 6) is 0.857. The molecule has 2 aromatic rings. The Bertz CT molecular complexity index is 828. The molecule has 2 amide bonds. The second-order valence-corrected chi connectivity index (χ2v) is 5.56. The summed E-state index contributed by atoms with van der Waals surface area (Å²) in [7, 11) is 1.60. The molecule has 6 nitrogen and oxygen atoms in total. The van der Waals surface area contributed by atoms with Crippen molar-refractivity contribution in [2.24, 2.45) is 0 Å². The average molecular weight is 338 g/mol. The van der Waals surface area contributed by atoms with Gasteiger partial charge in [-0.3, -0.25) is 9.59 Å². The minimum absolute atomic E-state index is 0.213. The Kier molecular flexibility index (Phi) is 4.70. The van der Waals surface area contributed by atoms with E-state index in [1.54, 1.807) is 38.3 Å². The molecule has 1 aliphatic heterocycles. The minimum Gasteiger partial charge on any atom is -0.497 e. The zero-order chi connectivity index (χ0) is 17.8. The minimum atomic E-state index is -0.527. The van der Waals surface area contributed by atoms with Gasteiger partial charge in [0.05, 0.1) is 12.8 Å². The molecule has 1 unspecified atom stereocenters. The van der Waals surface area contributed by atoms with Crippen LogP contribution in [-0.4, -0.2) is 25.0 Å². The van der Waals surface area contributed by atoms with Crippen LogP contribution in [-0.2, 0) is 9.59 Å². The lowest BCUT2D eigenvalue weighted by molar-refractivity contribution is -0.122. The average Bonchev–Trinajstić information content (AvgIpc) is 2.61. The fourth-order valence-corrected chi connectivity index (χ4v) is 2.36. The highest BCUT2D eigenvalue weighted by atomic mass is 16.5. The van der Waals surface area contributed by atoms with E-state index in [4.69, 9.17) is 9.47 Å². The van der Waals surface area contributed by atoms with E-state index >= 15 is 0 Å². The van der Waals surface area contributed by atoms with Crippen molar-refractivity contribution in [1.29, 1.82) is 0 Å². The standard InChI is InChI=1S/C19H18N2O4/c1-12-19(23)21-16-11-14(6-9-17(16)25-12)20-18(22)10-5-13-3-7-15(24-2)8-4-13/h3-12H,1-2H3,(H,20,22)(H,21,23). The van der Waals surface area contributed by atoms with Gasteiger partial charge in [0.1, 0.15) is 11.5 Å². The van der Waals surface area contributed by atoms with Crippen molar-refractivity contribution >= 4 is 29.3 Å². The number of methoxy groups -OCH3 is 1. The summed E-state index contributed by atoms with van der Waals surface area (Å²) in [5.41, 5.74) is 2.00. The molecule has 0 saturated carbocycles. The highest BCUT2D eigenvalue weighted by molar-refractivity contribution is 6.03. The van der Waals surface area contributed by atoms with Crippen LogP contribution in [0.25, 0.3) is 6.08 Å². The summed E-state index contributed by atoms with van der Waals surface area (Å²) < 4.78 is 10.6. The van der Waals surface area contributed by atoms with Gasteiger partial charge in [-0.15, -0.1) is 0 Å². The highest BCUT2D eigenvalue weighted by Gasteiger charge is 2.23. The van der Waals surface area contributed by atoms with E-state index in [1.165, 1.54) is 6.08 Å². The van der Waals surface area contributed by atoms with Crippen LogP contribution >= 0.6 is 0 Å². The number of amides is 2. The molecule has 0 bridgehead atoms. The zero-order valence-corrected chi connectivity index (χ0v) is 13.9. The fourth-order valence-electron chi connectivity index (χ4n) is 2.36. The topological polar surface area (TPSA) is 76.7 Å². The predicted octanol–water partition coefficient (Wildman–Crippen LogP) is 3.07. The Morgan fingerprint density at radius 1 is 1.24 bits per heavy atom. The molecule has 1 atom stereocenters. The number of hydrogen-bond donors (Lipinski definition) is 2. The molecule has 0 radical (unpaired) electrons. The normalized spacial score (nSPS) is 15.9. The molecule has 1 aliphatic rings. The van der Waals surface area contributed by atoms with Gasteiger partial charge in [0.2, 0.25) is 5.91 Å². The van der Waals surface area contributed by atoms with Crippen LogP contribution in [0.15, 0.2) is 48.5 Å². The van der Waals surface area contributed by atoms with Crippen LogP contribution in [0.1, 0.15) is 12.5 Å². The van der Waals surface area contributed by atoms with Crippen LogP contribution in [0.2, 0.25) is 0 Å². The Morgan fingerprint density at radius 2 is 2.00 bits per heavy atom. The number of carbonyl (C=O) groups excluding carboxylic acids is 2. The first-order chi connectivity index (χ1) is 12.0. The summed E-state index contributed by atoms with van der Waals surface area (Å²) in [5, 5.41) is 5.50. The SMILES string of the molecule is COc1ccc(C=CC(=O)Nc2ccc3c(c2)NC(=O)C(C)O3)cc1. The maximum Gasteiger partial charge on any atom is 0.265 e. The first-order valence-electron chi connectivity index (χ1n) is 7.80.